The highest BCUT2D eigenvalue weighted by molar-refractivity contribution is 8.00. The van der Waals surface area contributed by atoms with Crippen LogP contribution in [-0.2, 0) is 0 Å². The second-order valence-electron chi connectivity index (χ2n) is 10.6. The average molecular weight is 779 g/mol. The SMILES string of the molecule is COc1cc(C(/C=C\c2c(F)c(F)c(F)c(F)c2F)SC(/C=C\c2c(F)c(F)c(F)c(F)c2F)c2cc(OC)c(OC)c(OC)c2)cc(OC)c1OC. The Hall–Kier alpha value is -5.19. The molecule has 0 aliphatic carbocycles. The third-order valence-electron chi connectivity index (χ3n) is 7.69. The van der Waals surface area contributed by atoms with Crippen molar-refractivity contribution in [1.29, 1.82) is 0 Å². The average Bonchev–Trinajstić information content (AvgIpc) is 3.17. The van der Waals surface area contributed by atoms with E-state index in [0.717, 1.165) is 23.9 Å². The van der Waals surface area contributed by atoms with Crippen LogP contribution >= 0.6 is 11.8 Å². The van der Waals surface area contributed by atoms with Crippen molar-refractivity contribution in [1.82, 2.24) is 0 Å². The van der Waals surface area contributed by atoms with Crippen molar-refractivity contribution >= 4 is 23.9 Å². The van der Waals surface area contributed by atoms with E-state index in [1.165, 1.54) is 66.9 Å². The first kappa shape index (κ1) is 40.6. The maximum absolute atomic E-state index is 14.8. The first-order valence-corrected chi connectivity index (χ1v) is 15.8. The van der Waals surface area contributed by atoms with Gasteiger partial charge in [-0.15, -0.1) is 11.8 Å². The summed E-state index contributed by atoms with van der Waals surface area (Å²) >= 11 is 0.794. The molecule has 0 amide bonds. The first-order chi connectivity index (χ1) is 25.2. The van der Waals surface area contributed by atoms with Crippen LogP contribution in [0.4, 0.5) is 43.9 Å². The van der Waals surface area contributed by atoms with E-state index in [0.29, 0.717) is 12.2 Å². The number of hydrogen-bond acceptors (Lipinski definition) is 7. The Bertz CT molecular complexity index is 1820. The van der Waals surface area contributed by atoms with Crippen LogP contribution in [0.2, 0.25) is 0 Å². The van der Waals surface area contributed by atoms with Crippen molar-refractivity contribution in [2.75, 3.05) is 42.7 Å². The topological polar surface area (TPSA) is 55.4 Å². The van der Waals surface area contributed by atoms with Crippen LogP contribution in [0.1, 0.15) is 32.8 Å². The Kier molecular flexibility index (Phi) is 13.1. The van der Waals surface area contributed by atoms with Crippen molar-refractivity contribution in [3.63, 3.8) is 0 Å². The van der Waals surface area contributed by atoms with Crippen molar-refractivity contribution in [2.45, 2.75) is 10.5 Å². The van der Waals surface area contributed by atoms with Gasteiger partial charge in [0.05, 0.1) is 53.8 Å². The fourth-order valence-corrected chi connectivity index (χ4v) is 6.30. The molecule has 0 saturated carbocycles. The lowest BCUT2D eigenvalue weighted by Crippen LogP contribution is -2.05. The van der Waals surface area contributed by atoms with E-state index >= 15 is 0 Å². The van der Waals surface area contributed by atoms with Gasteiger partial charge < -0.3 is 28.4 Å². The summed E-state index contributed by atoms with van der Waals surface area (Å²) < 4.78 is 176. The molecular formula is C36H28F10O6S. The highest BCUT2D eigenvalue weighted by Gasteiger charge is 2.28. The van der Waals surface area contributed by atoms with Gasteiger partial charge in [-0.2, -0.15) is 0 Å². The second kappa shape index (κ2) is 17.1. The summed E-state index contributed by atoms with van der Waals surface area (Å²) in [4.78, 5) is 0. The van der Waals surface area contributed by atoms with Gasteiger partial charge >= 0.3 is 0 Å². The Balaban J connectivity index is 2.03. The number of ether oxygens (including phenoxy) is 6. The molecule has 284 valence electrons. The van der Waals surface area contributed by atoms with E-state index in [1.54, 1.807) is 0 Å². The molecule has 4 aromatic carbocycles. The molecule has 0 N–H and O–H groups in total. The summed E-state index contributed by atoms with van der Waals surface area (Å²) in [5, 5.41) is -2.44. The third-order valence-corrected chi connectivity index (χ3v) is 9.13. The molecule has 0 heterocycles. The summed E-state index contributed by atoms with van der Waals surface area (Å²) in [6.45, 7) is 0. The number of hydrogen-bond donors (Lipinski definition) is 0. The summed E-state index contributed by atoms with van der Waals surface area (Å²) in [5.41, 5.74) is -2.24. The number of rotatable bonds is 14. The molecule has 0 fully saturated rings. The van der Waals surface area contributed by atoms with Gasteiger partial charge in [0.25, 0.3) is 0 Å². The molecule has 6 nitrogen and oxygen atoms in total. The molecule has 0 spiro atoms. The van der Waals surface area contributed by atoms with Gasteiger partial charge in [0.15, 0.2) is 69.5 Å². The highest BCUT2D eigenvalue weighted by Crippen LogP contribution is 2.50. The van der Waals surface area contributed by atoms with E-state index in [4.69, 9.17) is 28.4 Å². The van der Waals surface area contributed by atoms with Gasteiger partial charge in [0, 0.05) is 10.5 Å². The fraction of sp³-hybridized carbons (Fsp3) is 0.222. The van der Waals surface area contributed by atoms with E-state index in [2.05, 4.69) is 0 Å². The molecule has 0 aliphatic heterocycles. The lowest BCUT2D eigenvalue weighted by atomic mass is 10.1. The first-order valence-electron chi connectivity index (χ1n) is 14.8. The van der Waals surface area contributed by atoms with Gasteiger partial charge in [-0.1, -0.05) is 24.3 Å². The van der Waals surface area contributed by atoms with Crippen molar-refractivity contribution in [3.8, 4) is 34.5 Å². The monoisotopic (exact) mass is 778 g/mol. The maximum atomic E-state index is 14.8. The molecular weight excluding hydrogens is 750 g/mol. The van der Waals surface area contributed by atoms with Crippen molar-refractivity contribution in [2.24, 2.45) is 0 Å². The quantitative estimate of drug-likeness (QED) is 0.0718. The summed E-state index contributed by atoms with van der Waals surface area (Å²) in [5.74, 6) is -21.7. The molecule has 0 radical (unpaired) electrons. The standard InChI is InChI=1S/C36H28F10O6S/c1-47-19-11-15(12-20(48-2)35(19)51-5)23(9-7-17-25(37)29(41)33(45)30(42)26(17)38)53-24(16-13-21(49-3)36(52-6)22(14-16)50-4)10-8-18-27(39)31(43)34(46)32(44)28(18)40/h7-14,23-24H,1-6H3/b9-7-,10-8-. The molecule has 2 unspecified atom stereocenters. The van der Waals surface area contributed by atoms with Crippen LogP contribution in [0.25, 0.3) is 12.2 Å². The number of benzene rings is 4. The minimum Gasteiger partial charge on any atom is -0.493 e. The lowest BCUT2D eigenvalue weighted by molar-refractivity contribution is 0.324. The van der Waals surface area contributed by atoms with Crippen molar-refractivity contribution < 1.29 is 72.3 Å². The maximum Gasteiger partial charge on any atom is 0.203 e. The third kappa shape index (κ3) is 7.94. The summed E-state index contributed by atoms with van der Waals surface area (Å²) in [6, 6.07) is 5.56. The Morgan fingerprint density at radius 2 is 0.642 bits per heavy atom. The minimum atomic E-state index is -2.38. The van der Waals surface area contributed by atoms with Gasteiger partial charge in [-0.05, 0) is 35.4 Å². The smallest absolute Gasteiger partial charge is 0.203 e. The van der Waals surface area contributed by atoms with Gasteiger partial charge in [0.2, 0.25) is 23.1 Å². The second-order valence-corrected chi connectivity index (χ2v) is 11.9. The number of halogens is 10. The molecule has 0 bridgehead atoms. The molecule has 0 aromatic heterocycles. The van der Waals surface area contributed by atoms with Gasteiger partial charge in [0.1, 0.15) is 0 Å². The zero-order valence-electron chi connectivity index (χ0n) is 28.4. The van der Waals surface area contributed by atoms with Crippen LogP contribution in [0.3, 0.4) is 0 Å². The summed E-state index contributed by atoms with van der Waals surface area (Å²) in [6.07, 6.45) is 3.33. The fourth-order valence-electron chi connectivity index (χ4n) is 5.06. The largest absolute Gasteiger partial charge is 0.493 e. The molecule has 2 atom stereocenters. The molecule has 4 rings (SSSR count). The minimum absolute atomic E-state index is 0.0679. The van der Waals surface area contributed by atoms with Gasteiger partial charge in [-0.3, -0.25) is 0 Å². The molecule has 17 heteroatoms. The van der Waals surface area contributed by atoms with E-state index in [9.17, 15) is 43.9 Å². The molecule has 4 aromatic rings. The van der Waals surface area contributed by atoms with Gasteiger partial charge in [-0.25, -0.2) is 43.9 Å². The normalized spacial score (nSPS) is 12.7. The predicted molar refractivity (Wildman–Crippen MR) is 176 cm³/mol. The van der Waals surface area contributed by atoms with E-state index < -0.39 is 79.8 Å². The Morgan fingerprint density at radius 3 is 0.868 bits per heavy atom. The molecule has 0 saturated heterocycles. The Morgan fingerprint density at radius 1 is 0.396 bits per heavy atom. The van der Waals surface area contributed by atoms with Crippen LogP contribution in [0.5, 0.6) is 34.5 Å². The van der Waals surface area contributed by atoms with Crippen LogP contribution in [0, 0.1) is 58.2 Å². The van der Waals surface area contributed by atoms with E-state index in [-0.39, 0.29) is 45.6 Å². The van der Waals surface area contributed by atoms with Crippen LogP contribution < -0.4 is 28.4 Å². The lowest BCUT2D eigenvalue weighted by Gasteiger charge is -2.23. The zero-order valence-corrected chi connectivity index (χ0v) is 29.2. The number of methoxy groups -OCH3 is 6. The highest BCUT2D eigenvalue weighted by atomic mass is 32.2. The molecule has 53 heavy (non-hydrogen) atoms. The number of thioether (sulfide) groups is 1. The van der Waals surface area contributed by atoms with Crippen molar-refractivity contribution in [3.05, 3.63) is 117 Å². The predicted octanol–water partition coefficient (Wildman–Crippen LogP) is 10.1. The van der Waals surface area contributed by atoms with Crippen LogP contribution in [0.15, 0.2) is 36.4 Å². The van der Waals surface area contributed by atoms with Crippen LogP contribution in [-0.4, -0.2) is 42.7 Å². The Labute approximate surface area is 300 Å². The summed E-state index contributed by atoms with van der Waals surface area (Å²) in [7, 11) is 7.72. The molecule has 0 aliphatic rings. The zero-order chi connectivity index (χ0) is 39.3. The van der Waals surface area contributed by atoms with E-state index in [1.807, 2.05) is 0 Å².